The Bertz CT molecular complexity index is 1230. The summed E-state index contributed by atoms with van der Waals surface area (Å²) in [5.41, 5.74) is 1.01. The highest BCUT2D eigenvalue weighted by Crippen LogP contribution is 2.27. The molecule has 1 aliphatic heterocycles. The van der Waals surface area contributed by atoms with E-state index >= 15 is 0 Å². The van der Waals surface area contributed by atoms with Crippen molar-refractivity contribution in [3.8, 4) is 11.5 Å². The Morgan fingerprint density at radius 3 is 2.47 bits per heavy atom. The van der Waals surface area contributed by atoms with Gasteiger partial charge >= 0.3 is 5.97 Å². The van der Waals surface area contributed by atoms with E-state index < -0.39 is 26.8 Å². The molecule has 3 aromatic rings. The lowest BCUT2D eigenvalue weighted by Gasteiger charge is -2.34. The van der Waals surface area contributed by atoms with Gasteiger partial charge in [0.25, 0.3) is 15.1 Å². The van der Waals surface area contributed by atoms with Crippen LogP contribution in [0.25, 0.3) is 11.5 Å². The van der Waals surface area contributed by atoms with E-state index in [9.17, 15) is 13.2 Å². The molecule has 0 radical (unpaired) electrons. The lowest BCUT2D eigenvalue weighted by Crippen LogP contribution is -2.43. The number of nitrogens with zero attached hydrogens (tertiary/aromatic N) is 2. The van der Waals surface area contributed by atoms with Gasteiger partial charge in [0.05, 0.1) is 20.3 Å². The van der Waals surface area contributed by atoms with Gasteiger partial charge in [0.1, 0.15) is 0 Å². The zero-order chi connectivity index (χ0) is 24.1. The Balaban J connectivity index is 1.63. The molecule has 2 aromatic carbocycles. The molecular formula is C23H24ClN3O6S. The van der Waals surface area contributed by atoms with Crippen LogP contribution in [-0.2, 0) is 19.5 Å². The number of hydrogen-bond acceptors (Lipinski definition) is 8. The topological polar surface area (TPSA) is 111 Å². The third-order valence-electron chi connectivity index (χ3n) is 5.45. The lowest BCUT2D eigenvalue weighted by molar-refractivity contribution is 0.0172. The van der Waals surface area contributed by atoms with Crippen molar-refractivity contribution < 1.29 is 27.1 Å². The second kappa shape index (κ2) is 10.7. The highest BCUT2D eigenvalue weighted by molar-refractivity contribution is 7.89. The number of ether oxygens (including phenoxy) is 2. The number of aromatic nitrogens is 1. The van der Waals surface area contributed by atoms with Crippen molar-refractivity contribution in [1.82, 2.24) is 14.6 Å². The number of carbonyl (C=O) groups is 1. The summed E-state index contributed by atoms with van der Waals surface area (Å²) in [6.07, 6.45) is 0. The molecule has 180 valence electrons. The SMILES string of the molecule is COC(=O)c1nc(-c2ccccc2)oc1S(=O)(=O)NCC(c1ccc(Cl)cc1)N1CCOCC1. The van der Waals surface area contributed by atoms with Gasteiger partial charge in [0.2, 0.25) is 11.6 Å². The molecule has 1 aromatic heterocycles. The van der Waals surface area contributed by atoms with Gasteiger partial charge in [-0.1, -0.05) is 41.9 Å². The molecule has 34 heavy (non-hydrogen) atoms. The van der Waals surface area contributed by atoms with Crippen molar-refractivity contribution >= 4 is 27.6 Å². The van der Waals surface area contributed by atoms with Gasteiger partial charge in [-0.2, -0.15) is 0 Å². The van der Waals surface area contributed by atoms with Crippen molar-refractivity contribution in [3.63, 3.8) is 0 Å². The number of carbonyl (C=O) groups excluding carboxylic acids is 1. The molecule has 1 fully saturated rings. The second-order valence-electron chi connectivity index (χ2n) is 7.58. The summed E-state index contributed by atoms with van der Waals surface area (Å²) in [5, 5.41) is -0.00193. The van der Waals surface area contributed by atoms with Crippen LogP contribution in [0.4, 0.5) is 0 Å². The molecule has 2 heterocycles. The third-order valence-corrected chi connectivity index (χ3v) is 7.01. The number of sulfonamides is 1. The van der Waals surface area contributed by atoms with E-state index in [0.29, 0.717) is 36.9 Å². The van der Waals surface area contributed by atoms with E-state index in [0.717, 1.165) is 12.7 Å². The predicted octanol–water partition coefficient (Wildman–Crippen LogP) is 3.13. The Morgan fingerprint density at radius 2 is 1.82 bits per heavy atom. The van der Waals surface area contributed by atoms with E-state index in [2.05, 4.69) is 14.6 Å². The van der Waals surface area contributed by atoms with Gasteiger partial charge in [0.15, 0.2) is 0 Å². The number of methoxy groups -OCH3 is 1. The van der Waals surface area contributed by atoms with Crippen LogP contribution in [0.1, 0.15) is 22.1 Å². The van der Waals surface area contributed by atoms with Crippen molar-refractivity contribution in [3.05, 3.63) is 70.9 Å². The first-order valence-electron chi connectivity index (χ1n) is 10.6. The van der Waals surface area contributed by atoms with Crippen LogP contribution < -0.4 is 4.72 Å². The second-order valence-corrected chi connectivity index (χ2v) is 9.68. The van der Waals surface area contributed by atoms with E-state index in [1.54, 1.807) is 42.5 Å². The fourth-order valence-corrected chi connectivity index (χ4v) is 4.91. The number of rotatable bonds is 8. The number of morpholine rings is 1. The van der Waals surface area contributed by atoms with E-state index in [-0.39, 0.29) is 18.5 Å². The fourth-order valence-electron chi connectivity index (χ4n) is 3.70. The number of halogens is 1. The molecule has 1 saturated heterocycles. The van der Waals surface area contributed by atoms with E-state index in [4.69, 9.17) is 25.5 Å². The zero-order valence-electron chi connectivity index (χ0n) is 18.4. The van der Waals surface area contributed by atoms with Crippen molar-refractivity contribution in [1.29, 1.82) is 0 Å². The Morgan fingerprint density at radius 1 is 1.15 bits per heavy atom. The third kappa shape index (κ3) is 5.48. The minimum Gasteiger partial charge on any atom is -0.464 e. The lowest BCUT2D eigenvalue weighted by atomic mass is 10.1. The number of benzene rings is 2. The quantitative estimate of drug-likeness (QED) is 0.465. The van der Waals surface area contributed by atoms with Gasteiger partial charge in [-0.05, 0) is 29.8 Å². The molecule has 0 aliphatic carbocycles. The highest BCUT2D eigenvalue weighted by atomic mass is 35.5. The molecule has 1 aliphatic rings. The molecule has 0 spiro atoms. The minimum atomic E-state index is -4.25. The Labute approximate surface area is 202 Å². The van der Waals surface area contributed by atoms with Crippen LogP contribution >= 0.6 is 11.6 Å². The first-order valence-corrected chi connectivity index (χ1v) is 12.5. The van der Waals surface area contributed by atoms with Crippen LogP contribution in [-0.4, -0.2) is 64.2 Å². The van der Waals surface area contributed by atoms with Gasteiger partial charge in [0, 0.05) is 36.3 Å². The first-order chi connectivity index (χ1) is 16.4. The smallest absolute Gasteiger partial charge is 0.361 e. The van der Waals surface area contributed by atoms with Gasteiger partial charge < -0.3 is 13.9 Å². The van der Waals surface area contributed by atoms with Crippen molar-refractivity contribution in [2.75, 3.05) is 40.0 Å². The number of hydrogen-bond donors (Lipinski definition) is 1. The molecule has 11 heteroatoms. The maximum atomic E-state index is 13.3. The molecule has 1 unspecified atom stereocenters. The zero-order valence-corrected chi connectivity index (χ0v) is 20.0. The summed E-state index contributed by atoms with van der Waals surface area (Å²) in [7, 11) is -3.10. The summed E-state index contributed by atoms with van der Waals surface area (Å²) in [6, 6.07) is 15.7. The summed E-state index contributed by atoms with van der Waals surface area (Å²) in [5.74, 6) is -0.905. The molecular weight excluding hydrogens is 482 g/mol. The standard InChI is InChI=1S/C23H24ClN3O6S/c1-31-22(28)20-23(33-21(26-20)17-5-3-2-4-6-17)34(29,30)25-15-19(27-11-13-32-14-12-27)16-7-9-18(24)10-8-16/h2-10,19,25H,11-15H2,1H3. The largest absolute Gasteiger partial charge is 0.464 e. The summed E-state index contributed by atoms with van der Waals surface area (Å²) < 4.78 is 44.9. The number of nitrogens with one attached hydrogen (secondary N) is 1. The van der Waals surface area contributed by atoms with Crippen LogP contribution in [0.5, 0.6) is 0 Å². The van der Waals surface area contributed by atoms with E-state index in [1.165, 1.54) is 0 Å². The molecule has 1 N–H and O–H groups in total. The van der Waals surface area contributed by atoms with E-state index in [1.807, 2.05) is 12.1 Å². The average Bonchev–Trinajstić information content (AvgIpc) is 3.33. The molecule has 4 rings (SSSR count). The van der Waals surface area contributed by atoms with Gasteiger partial charge in [-0.3, -0.25) is 4.90 Å². The Kier molecular flexibility index (Phi) is 7.64. The number of esters is 1. The summed E-state index contributed by atoms with van der Waals surface area (Å²) in [6.45, 7) is 2.41. The van der Waals surface area contributed by atoms with Crippen molar-refractivity contribution in [2.24, 2.45) is 0 Å². The van der Waals surface area contributed by atoms with Gasteiger partial charge in [-0.15, -0.1) is 0 Å². The van der Waals surface area contributed by atoms with Crippen LogP contribution in [0, 0.1) is 0 Å². The average molecular weight is 506 g/mol. The molecule has 1 atom stereocenters. The van der Waals surface area contributed by atoms with Crippen LogP contribution in [0.2, 0.25) is 5.02 Å². The maximum Gasteiger partial charge on any atom is 0.361 e. The molecule has 0 bridgehead atoms. The fraction of sp³-hybridized carbons (Fsp3) is 0.304. The first kappa shape index (κ1) is 24.4. The molecule has 0 amide bonds. The molecule has 9 nitrogen and oxygen atoms in total. The minimum absolute atomic E-state index is 0.00352. The maximum absolute atomic E-state index is 13.3. The normalized spacial score (nSPS) is 15.7. The predicted molar refractivity (Wildman–Crippen MR) is 125 cm³/mol. The van der Waals surface area contributed by atoms with Crippen LogP contribution in [0.3, 0.4) is 0 Å². The summed E-state index contributed by atoms with van der Waals surface area (Å²) >= 11 is 6.04. The number of oxazole rings is 1. The Hall–Kier alpha value is -2.76. The van der Waals surface area contributed by atoms with Gasteiger partial charge in [-0.25, -0.2) is 22.9 Å². The summed E-state index contributed by atoms with van der Waals surface area (Å²) in [4.78, 5) is 18.5. The van der Waals surface area contributed by atoms with Crippen molar-refractivity contribution in [2.45, 2.75) is 11.1 Å². The van der Waals surface area contributed by atoms with Crippen LogP contribution in [0.15, 0.2) is 64.1 Å². The molecule has 0 saturated carbocycles. The monoisotopic (exact) mass is 505 g/mol. The highest BCUT2D eigenvalue weighted by Gasteiger charge is 2.33.